The molecule has 0 heterocycles. The zero-order valence-corrected chi connectivity index (χ0v) is 7.78. The fourth-order valence-corrected chi connectivity index (χ4v) is 1.42. The molecule has 64 valence electrons. The fourth-order valence-electron chi connectivity index (χ4n) is 0.892. The molecule has 1 aromatic rings. The van der Waals surface area contributed by atoms with Crippen molar-refractivity contribution in [2.75, 3.05) is 0 Å². The van der Waals surface area contributed by atoms with Crippen LogP contribution in [-0.2, 0) is 6.42 Å². The minimum Gasteiger partial charge on any atom is -0.387 e. The Balaban J connectivity index is 3.04. The van der Waals surface area contributed by atoms with Gasteiger partial charge in [0.1, 0.15) is 0 Å². The van der Waals surface area contributed by atoms with Crippen molar-refractivity contribution >= 4 is 29.0 Å². The number of benzene rings is 1. The van der Waals surface area contributed by atoms with Crippen molar-refractivity contribution in [2.45, 2.75) is 6.42 Å². The van der Waals surface area contributed by atoms with Crippen molar-refractivity contribution in [3.8, 4) is 0 Å². The van der Waals surface area contributed by atoms with Crippen LogP contribution in [0.2, 0.25) is 10.0 Å². The molecule has 0 saturated heterocycles. The Labute approximate surface area is 80.8 Å². The van der Waals surface area contributed by atoms with Crippen LogP contribution in [0.3, 0.4) is 0 Å². The molecule has 0 unspecified atom stereocenters. The van der Waals surface area contributed by atoms with Crippen molar-refractivity contribution < 1.29 is 0 Å². The van der Waals surface area contributed by atoms with Crippen molar-refractivity contribution in [3.05, 3.63) is 33.8 Å². The third-order valence-electron chi connectivity index (χ3n) is 1.43. The van der Waals surface area contributed by atoms with Gasteiger partial charge in [-0.1, -0.05) is 29.3 Å². The van der Waals surface area contributed by atoms with E-state index in [1.807, 2.05) is 0 Å². The molecule has 0 saturated carbocycles. The van der Waals surface area contributed by atoms with Gasteiger partial charge in [0.25, 0.3) is 0 Å². The van der Waals surface area contributed by atoms with Gasteiger partial charge in [0, 0.05) is 16.5 Å². The van der Waals surface area contributed by atoms with Gasteiger partial charge in [-0.3, -0.25) is 5.41 Å². The molecular formula is C8H8Cl2N2. The van der Waals surface area contributed by atoms with E-state index in [0.29, 0.717) is 22.0 Å². The second kappa shape index (κ2) is 3.78. The number of hydrogen-bond donors (Lipinski definition) is 2. The van der Waals surface area contributed by atoms with Crippen LogP contribution in [0.25, 0.3) is 0 Å². The molecule has 1 aromatic carbocycles. The lowest BCUT2D eigenvalue weighted by atomic mass is 10.1. The Morgan fingerprint density at radius 3 is 2.25 bits per heavy atom. The van der Waals surface area contributed by atoms with Gasteiger partial charge in [0.05, 0.1) is 5.84 Å². The van der Waals surface area contributed by atoms with E-state index in [-0.39, 0.29) is 5.84 Å². The lowest BCUT2D eigenvalue weighted by Gasteiger charge is -2.04. The summed E-state index contributed by atoms with van der Waals surface area (Å²) in [5, 5.41) is 8.19. The van der Waals surface area contributed by atoms with E-state index < -0.39 is 0 Å². The van der Waals surface area contributed by atoms with Crippen molar-refractivity contribution in [1.29, 1.82) is 5.41 Å². The maximum absolute atomic E-state index is 7.09. The number of nitrogens with one attached hydrogen (secondary N) is 1. The average molecular weight is 203 g/mol. The monoisotopic (exact) mass is 202 g/mol. The Kier molecular flexibility index (Phi) is 2.95. The summed E-state index contributed by atoms with van der Waals surface area (Å²) in [5.74, 6) is 0.0602. The van der Waals surface area contributed by atoms with Crippen molar-refractivity contribution in [1.82, 2.24) is 0 Å². The van der Waals surface area contributed by atoms with E-state index in [2.05, 4.69) is 0 Å². The van der Waals surface area contributed by atoms with Gasteiger partial charge in [-0.15, -0.1) is 0 Å². The SMILES string of the molecule is N=C(N)Cc1c(Cl)cccc1Cl. The highest BCUT2D eigenvalue weighted by Crippen LogP contribution is 2.24. The first-order valence-corrected chi connectivity index (χ1v) is 4.12. The van der Waals surface area contributed by atoms with Gasteiger partial charge in [0.2, 0.25) is 0 Å². The molecule has 0 aliphatic heterocycles. The van der Waals surface area contributed by atoms with E-state index >= 15 is 0 Å². The Bertz CT molecular complexity index is 290. The van der Waals surface area contributed by atoms with Crippen molar-refractivity contribution in [2.24, 2.45) is 5.73 Å². The van der Waals surface area contributed by atoms with Crippen LogP contribution in [0.5, 0.6) is 0 Å². The summed E-state index contributed by atoms with van der Waals surface area (Å²) in [6.45, 7) is 0. The van der Waals surface area contributed by atoms with Gasteiger partial charge in [-0.2, -0.15) is 0 Å². The van der Waals surface area contributed by atoms with Gasteiger partial charge in [0.15, 0.2) is 0 Å². The summed E-state index contributed by atoms with van der Waals surface area (Å²) in [6.07, 6.45) is 0.304. The van der Waals surface area contributed by atoms with E-state index in [9.17, 15) is 0 Å². The van der Waals surface area contributed by atoms with Crippen LogP contribution in [0.1, 0.15) is 5.56 Å². The molecule has 0 aliphatic carbocycles. The first-order valence-electron chi connectivity index (χ1n) is 3.37. The highest BCUT2D eigenvalue weighted by Gasteiger charge is 2.05. The average Bonchev–Trinajstić information content (AvgIpc) is 1.97. The minimum absolute atomic E-state index is 0.0602. The molecule has 4 heteroatoms. The first-order chi connectivity index (χ1) is 5.61. The number of rotatable bonds is 2. The second-order valence-corrected chi connectivity index (χ2v) is 3.22. The zero-order valence-electron chi connectivity index (χ0n) is 6.27. The lowest BCUT2D eigenvalue weighted by Crippen LogP contribution is -2.13. The predicted octanol–water partition coefficient (Wildman–Crippen LogP) is 2.47. The van der Waals surface area contributed by atoms with E-state index in [1.54, 1.807) is 18.2 Å². The number of nitrogens with two attached hydrogens (primary N) is 1. The molecule has 0 fully saturated rings. The van der Waals surface area contributed by atoms with Gasteiger partial charge in [-0.05, 0) is 17.7 Å². The molecule has 0 aliphatic rings. The highest BCUT2D eigenvalue weighted by molar-refractivity contribution is 6.36. The summed E-state index contributed by atoms with van der Waals surface area (Å²) in [7, 11) is 0. The summed E-state index contributed by atoms with van der Waals surface area (Å²) in [6, 6.07) is 5.21. The van der Waals surface area contributed by atoms with Crippen LogP contribution >= 0.6 is 23.2 Å². The van der Waals surface area contributed by atoms with Gasteiger partial charge < -0.3 is 5.73 Å². The third kappa shape index (κ3) is 2.13. The molecule has 1 rings (SSSR count). The number of hydrogen-bond acceptors (Lipinski definition) is 1. The Morgan fingerprint density at radius 2 is 1.83 bits per heavy atom. The standard InChI is InChI=1S/C8H8Cl2N2/c9-6-2-1-3-7(10)5(6)4-8(11)12/h1-3H,4H2,(H3,11,12). The second-order valence-electron chi connectivity index (χ2n) is 2.40. The van der Waals surface area contributed by atoms with Crippen LogP contribution in [0, 0.1) is 5.41 Å². The molecule has 12 heavy (non-hydrogen) atoms. The van der Waals surface area contributed by atoms with Crippen LogP contribution < -0.4 is 5.73 Å². The normalized spacial score (nSPS) is 9.83. The minimum atomic E-state index is 0.0602. The number of amidine groups is 1. The molecule has 0 amide bonds. The quantitative estimate of drug-likeness (QED) is 0.562. The van der Waals surface area contributed by atoms with E-state index in [0.717, 1.165) is 0 Å². The highest BCUT2D eigenvalue weighted by atomic mass is 35.5. The van der Waals surface area contributed by atoms with E-state index in [1.165, 1.54) is 0 Å². The summed E-state index contributed by atoms with van der Waals surface area (Å²) in [4.78, 5) is 0. The fraction of sp³-hybridized carbons (Fsp3) is 0.125. The van der Waals surface area contributed by atoms with Crippen LogP contribution in [0.15, 0.2) is 18.2 Å². The molecule has 0 bridgehead atoms. The van der Waals surface area contributed by atoms with E-state index in [4.69, 9.17) is 34.3 Å². The smallest absolute Gasteiger partial charge is 0.0951 e. The van der Waals surface area contributed by atoms with Crippen molar-refractivity contribution in [3.63, 3.8) is 0 Å². The zero-order chi connectivity index (χ0) is 9.14. The molecule has 0 spiro atoms. The molecule has 2 nitrogen and oxygen atoms in total. The molecule has 0 atom stereocenters. The van der Waals surface area contributed by atoms with Gasteiger partial charge >= 0.3 is 0 Å². The summed E-state index contributed by atoms with van der Waals surface area (Å²) < 4.78 is 0. The van der Waals surface area contributed by atoms with Gasteiger partial charge in [-0.25, -0.2) is 0 Å². The summed E-state index contributed by atoms with van der Waals surface area (Å²) in [5.41, 5.74) is 5.94. The Hall–Kier alpha value is -0.730. The molecular weight excluding hydrogens is 195 g/mol. The largest absolute Gasteiger partial charge is 0.387 e. The third-order valence-corrected chi connectivity index (χ3v) is 2.14. The van der Waals surface area contributed by atoms with Crippen LogP contribution in [-0.4, -0.2) is 5.84 Å². The summed E-state index contributed by atoms with van der Waals surface area (Å²) >= 11 is 11.7. The lowest BCUT2D eigenvalue weighted by molar-refractivity contribution is 1.25. The van der Waals surface area contributed by atoms with Crippen LogP contribution in [0.4, 0.5) is 0 Å². The predicted molar refractivity (Wildman–Crippen MR) is 52.1 cm³/mol. The number of halogens is 2. The molecule has 3 N–H and O–H groups in total. The first kappa shape index (κ1) is 9.36. The Morgan fingerprint density at radius 1 is 1.33 bits per heavy atom. The molecule has 0 radical (unpaired) electrons. The topological polar surface area (TPSA) is 49.9 Å². The maximum Gasteiger partial charge on any atom is 0.0951 e. The molecule has 0 aromatic heterocycles. The maximum atomic E-state index is 7.09.